The summed E-state index contributed by atoms with van der Waals surface area (Å²) >= 11 is 6.20. The Morgan fingerprint density at radius 1 is 1.04 bits per heavy atom. The highest BCUT2D eigenvalue weighted by atomic mass is 35.5. The average Bonchev–Trinajstić information content (AvgIpc) is 3.12. The molecule has 2 heterocycles. The van der Waals surface area contributed by atoms with E-state index in [-0.39, 0.29) is 5.95 Å². The molecule has 0 atom stereocenters. The van der Waals surface area contributed by atoms with Crippen molar-refractivity contribution >= 4 is 30.1 Å². The number of benzene rings is 1. The Kier molecular flexibility index (Phi) is 6.98. The van der Waals surface area contributed by atoms with E-state index in [4.69, 9.17) is 21.1 Å². The van der Waals surface area contributed by atoms with Gasteiger partial charge in [-0.05, 0) is 35.4 Å². The zero-order valence-corrected chi connectivity index (χ0v) is 15.7. The third kappa shape index (κ3) is 5.56. The van der Waals surface area contributed by atoms with E-state index in [0.29, 0.717) is 18.1 Å². The summed E-state index contributed by atoms with van der Waals surface area (Å²) in [5.74, 6) is 0.0421. The number of rotatable bonds is 1. The highest BCUT2D eigenvalue weighted by Crippen LogP contribution is 2.29. The zero-order valence-electron chi connectivity index (χ0n) is 14.9. The number of allylic oxidation sites excluding steroid dienone is 6. The first kappa shape index (κ1) is 19.4. The normalized spacial score (nSPS) is 16.2. The summed E-state index contributed by atoms with van der Waals surface area (Å²) < 4.78 is 10.8. The van der Waals surface area contributed by atoms with Gasteiger partial charge in [-0.2, -0.15) is 0 Å². The molecule has 28 heavy (non-hydrogen) atoms. The monoisotopic (exact) mass is 395 g/mol. The standard InChI is InChI=1S/C21H18ClN3O3/c22-19-8-6-7-17-15-25(16-18(17)19)21(26)28-20-9-2-4-11-24-13-12-23-10-3-1-5-14-27-20/h1-14H,15-16H2. The predicted molar refractivity (Wildman–Crippen MR) is 110 cm³/mol. The highest BCUT2D eigenvalue weighted by Gasteiger charge is 2.27. The van der Waals surface area contributed by atoms with Crippen molar-refractivity contribution in [2.24, 2.45) is 9.98 Å². The summed E-state index contributed by atoms with van der Waals surface area (Å²) in [6, 6.07) is 5.63. The summed E-state index contributed by atoms with van der Waals surface area (Å²) in [6.07, 6.45) is 17.2. The van der Waals surface area contributed by atoms with Gasteiger partial charge in [0.2, 0.25) is 0 Å². The molecule has 0 aromatic heterocycles. The summed E-state index contributed by atoms with van der Waals surface area (Å²) in [6.45, 7) is 0.836. The lowest BCUT2D eigenvalue weighted by atomic mass is 10.1. The van der Waals surface area contributed by atoms with E-state index < -0.39 is 6.09 Å². The second kappa shape index (κ2) is 10.1. The summed E-state index contributed by atoms with van der Waals surface area (Å²) in [5, 5.41) is 0.645. The van der Waals surface area contributed by atoms with E-state index in [2.05, 4.69) is 9.98 Å². The van der Waals surface area contributed by atoms with Crippen molar-refractivity contribution in [3.8, 4) is 0 Å². The molecule has 0 N–H and O–H groups in total. The second-order valence-corrected chi connectivity index (χ2v) is 6.11. The minimum atomic E-state index is -0.516. The van der Waals surface area contributed by atoms with Crippen LogP contribution in [0.3, 0.4) is 0 Å². The number of hydrogen-bond acceptors (Lipinski definition) is 5. The molecule has 1 amide bonds. The summed E-state index contributed by atoms with van der Waals surface area (Å²) in [4.78, 5) is 22.1. The van der Waals surface area contributed by atoms with Crippen LogP contribution in [0.5, 0.6) is 0 Å². The van der Waals surface area contributed by atoms with Gasteiger partial charge in [0.1, 0.15) is 0 Å². The van der Waals surface area contributed by atoms with Gasteiger partial charge < -0.3 is 9.47 Å². The van der Waals surface area contributed by atoms with Crippen LogP contribution in [-0.4, -0.2) is 23.4 Å². The maximum Gasteiger partial charge on any atom is 0.418 e. The predicted octanol–water partition coefficient (Wildman–Crippen LogP) is 4.90. The smallest absolute Gasteiger partial charge is 0.418 e. The molecule has 3 rings (SSSR count). The Bertz CT molecular complexity index is 927. The summed E-state index contributed by atoms with van der Waals surface area (Å²) in [7, 11) is 0. The molecular formula is C21H18ClN3O3. The van der Waals surface area contributed by atoms with Gasteiger partial charge in [0.25, 0.3) is 5.95 Å². The molecule has 7 heteroatoms. The number of nitrogens with zero attached hydrogens (tertiary/aromatic N) is 3. The fourth-order valence-electron chi connectivity index (χ4n) is 2.48. The SMILES string of the molecule is O=C(OC1=CC=CC=NC=CN=CC=CC=CO1)N1Cc2cccc(Cl)c2C1. The number of ether oxygens (including phenoxy) is 2. The number of fused-ring (bicyclic) bond motifs is 1. The van der Waals surface area contributed by atoms with E-state index in [1.165, 1.54) is 12.3 Å². The number of halogens is 1. The molecule has 0 fully saturated rings. The van der Waals surface area contributed by atoms with Gasteiger partial charge in [0.15, 0.2) is 0 Å². The van der Waals surface area contributed by atoms with Crippen molar-refractivity contribution in [1.82, 2.24) is 4.90 Å². The first-order valence-corrected chi connectivity index (χ1v) is 8.91. The topological polar surface area (TPSA) is 63.5 Å². The van der Waals surface area contributed by atoms with Gasteiger partial charge in [-0.25, -0.2) is 4.79 Å². The minimum Gasteiger partial charge on any atom is -0.434 e. The van der Waals surface area contributed by atoms with Gasteiger partial charge in [-0.3, -0.25) is 14.9 Å². The number of amides is 1. The average molecular weight is 396 g/mol. The lowest BCUT2D eigenvalue weighted by Gasteiger charge is -2.15. The largest absolute Gasteiger partial charge is 0.434 e. The number of carbonyl (C=O) groups excluding carboxylic acids is 1. The van der Waals surface area contributed by atoms with E-state index in [0.717, 1.165) is 11.1 Å². The van der Waals surface area contributed by atoms with Crippen LogP contribution in [0.1, 0.15) is 11.1 Å². The van der Waals surface area contributed by atoms with Crippen LogP contribution in [0.15, 0.2) is 89.2 Å². The molecule has 0 aliphatic carbocycles. The molecule has 0 spiro atoms. The lowest BCUT2D eigenvalue weighted by molar-refractivity contribution is 0.0783. The van der Waals surface area contributed by atoms with Gasteiger partial charge in [-0.1, -0.05) is 35.9 Å². The third-order valence-corrected chi connectivity index (χ3v) is 4.14. The van der Waals surface area contributed by atoms with Crippen LogP contribution in [0.4, 0.5) is 4.79 Å². The highest BCUT2D eigenvalue weighted by molar-refractivity contribution is 6.31. The van der Waals surface area contributed by atoms with Crippen LogP contribution in [0.2, 0.25) is 5.02 Å². The molecule has 0 bridgehead atoms. The quantitative estimate of drug-likeness (QED) is 0.679. The van der Waals surface area contributed by atoms with E-state index in [9.17, 15) is 4.79 Å². The minimum absolute atomic E-state index is 0.0421. The van der Waals surface area contributed by atoms with Crippen molar-refractivity contribution in [3.05, 3.63) is 95.4 Å². The van der Waals surface area contributed by atoms with Crippen molar-refractivity contribution < 1.29 is 14.3 Å². The summed E-state index contributed by atoms with van der Waals surface area (Å²) in [5.41, 5.74) is 1.95. The van der Waals surface area contributed by atoms with Crippen molar-refractivity contribution in [2.45, 2.75) is 13.1 Å². The van der Waals surface area contributed by atoms with Crippen LogP contribution < -0.4 is 0 Å². The Morgan fingerprint density at radius 3 is 2.61 bits per heavy atom. The molecule has 0 saturated heterocycles. The Labute approximate surface area is 168 Å². The number of aliphatic imine (C=N–C) groups is 2. The molecule has 6 nitrogen and oxygen atoms in total. The molecule has 0 unspecified atom stereocenters. The molecule has 142 valence electrons. The number of carbonyl (C=O) groups is 1. The maximum atomic E-state index is 12.5. The molecule has 0 saturated carbocycles. The van der Waals surface area contributed by atoms with Gasteiger partial charge in [0, 0.05) is 42.5 Å². The molecule has 2 aliphatic rings. The fraction of sp³-hybridized carbons (Fsp3) is 0.0952. The van der Waals surface area contributed by atoms with Crippen LogP contribution >= 0.6 is 11.6 Å². The van der Waals surface area contributed by atoms with Crippen molar-refractivity contribution in [2.75, 3.05) is 0 Å². The molecule has 2 aliphatic heterocycles. The van der Waals surface area contributed by atoms with E-state index in [1.807, 2.05) is 18.2 Å². The van der Waals surface area contributed by atoms with E-state index in [1.54, 1.807) is 60.1 Å². The number of hydrogen-bond donors (Lipinski definition) is 0. The Balaban J connectivity index is 1.69. The zero-order chi connectivity index (χ0) is 19.6. The van der Waals surface area contributed by atoms with Crippen LogP contribution in [0.25, 0.3) is 0 Å². The third-order valence-electron chi connectivity index (χ3n) is 3.78. The maximum absolute atomic E-state index is 12.5. The molecular weight excluding hydrogens is 378 g/mol. The van der Waals surface area contributed by atoms with Crippen molar-refractivity contribution in [3.63, 3.8) is 0 Å². The van der Waals surface area contributed by atoms with Gasteiger partial charge in [-0.15, -0.1) is 0 Å². The molecule has 0 radical (unpaired) electrons. The van der Waals surface area contributed by atoms with Crippen LogP contribution in [0, 0.1) is 0 Å². The Hall–Kier alpha value is -3.38. The van der Waals surface area contributed by atoms with Crippen LogP contribution in [-0.2, 0) is 22.6 Å². The molecule has 1 aromatic rings. The first-order valence-electron chi connectivity index (χ1n) is 8.54. The van der Waals surface area contributed by atoms with E-state index >= 15 is 0 Å². The Morgan fingerprint density at radius 2 is 1.82 bits per heavy atom. The second-order valence-electron chi connectivity index (χ2n) is 5.70. The molecule has 1 aromatic carbocycles. The fourth-order valence-corrected chi connectivity index (χ4v) is 2.74. The first-order chi connectivity index (χ1) is 13.7. The van der Waals surface area contributed by atoms with Crippen molar-refractivity contribution in [1.29, 1.82) is 0 Å². The van der Waals surface area contributed by atoms with Gasteiger partial charge >= 0.3 is 6.09 Å². The lowest BCUT2D eigenvalue weighted by Crippen LogP contribution is -2.26. The van der Waals surface area contributed by atoms with Gasteiger partial charge in [0.05, 0.1) is 12.8 Å².